The quantitative estimate of drug-likeness (QED) is 0.697. The lowest BCUT2D eigenvalue weighted by Crippen LogP contribution is -2.41. The van der Waals surface area contributed by atoms with Crippen molar-refractivity contribution >= 4 is 21.6 Å². The van der Waals surface area contributed by atoms with Crippen LogP contribution in [0.1, 0.15) is 56.1 Å². The molecule has 0 spiro atoms. The number of amides is 1. The van der Waals surface area contributed by atoms with Crippen LogP contribution in [0, 0.1) is 0 Å². The highest BCUT2D eigenvalue weighted by molar-refractivity contribution is 7.92. The first-order valence-corrected chi connectivity index (χ1v) is 12.0. The summed E-state index contributed by atoms with van der Waals surface area (Å²) in [4.78, 5) is 13.0. The maximum absolute atomic E-state index is 13.0. The van der Waals surface area contributed by atoms with Gasteiger partial charge in [-0.05, 0) is 64.1 Å². The van der Waals surface area contributed by atoms with Crippen molar-refractivity contribution in [1.29, 1.82) is 0 Å². The molecule has 8 heteroatoms. The van der Waals surface area contributed by atoms with Gasteiger partial charge in [-0.15, -0.1) is 0 Å². The standard InChI is InChI=1S/C23H30N2O5S/c1-6-25(31(27,28)7-2)17-10-8-16(9-11-17)22(26)24-20-15-23(3,4)30-21-14-18(29-5)12-13-19(20)21/h8-14,20H,6-7,15H2,1-5H3,(H,24,26). The van der Waals surface area contributed by atoms with Gasteiger partial charge in [0, 0.05) is 30.2 Å². The molecule has 2 aromatic rings. The van der Waals surface area contributed by atoms with E-state index in [1.54, 1.807) is 45.2 Å². The van der Waals surface area contributed by atoms with Gasteiger partial charge in [-0.1, -0.05) is 0 Å². The number of nitrogens with zero attached hydrogens (tertiary/aromatic N) is 1. The van der Waals surface area contributed by atoms with E-state index >= 15 is 0 Å². The predicted molar refractivity (Wildman–Crippen MR) is 121 cm³/mol. The van der Waals surface area contributed by atoms with Crippen LogP contribution in [0.2, 0.25) is 0 Å². The zero-order valence-electron chi connectivity index (χ0n) is 18.6. The zero-order chi connectivity index (χ0) is 22.8. The second-order valence-corrected chi connectivity index (χ2v) is 10.3. The number of benzene rings is 2. The Hall–Kier alpha value is -2.74. The maximum atomic E-state index is 13.0. The second-order valence-electron chi connectivity index (χ2n) is 8.11. The number of carbonyl (C=O) groups excluding carboxylic acids is 1. The van der Waals surface area contributed by atoms with Gasteiger partial charge in [0.2, 0.25) is 10.0 Å². The van der Waals surface area contributed by atoms with Gasteiger partial charge in [0.1, 0.15) is 17.1 Å². The molecule has 0 aliphatic carbocycles. The van der Waals surface area contributed by atoms with Crippen LogP contribution < -0.4 is 19.1 Å². The van der Waals surface area contributed by atoms with Crippen molar-refractivity contribution in [3.63, 3.8) is 0 Å². The molecule has 1 aliphatic rings. The third-order valence-corrected chi connectivity index (χ3v) is 7.26. The molecule has 1 N–H and O–H groups in total. The normalized spacial score (nSPS) is 17.3. The Labute approximate surface area is 184 Å². The molecule has 0 saturated heterocycles. The van der Waals surface area contributed by atoms with Crippen molar-refractivity contribution in [3.05, 3.63) is 53.6 Å². The molecule has 0 saturated carbocycles. The Morgan fingerprint density at radius 3 is 2.45 bits per heavy atom. The first kappa shape index (κ1) is 22.9. The molecule has 1 aliphatic heterocycles. The van der Waals surface area contributed by atoms with Crippen LogP contribution in [0.4, 0.5) is 5.69 Å². The Bertz CT molecular complexity index is 1050. The lowest BCUT2D eigenvalue weighted by Gasteiger charge is -2.38. The summed E-state index contributed by atoms with van der Waals surface area (Å²) in [6, 6.07) is 12.0. The molecular weight excluding hydrogens is 416 g/mol. The summed E-state index contributed by atoms with van der Waals surface area (Å²) in [5, 5.41) is 3.10. The molecule has 1 atom stereocenters. The molecule has 7 nitrogen and oxygen atoms in total. The summed E-state index contributed by atoms with van der Waals surface area (Å²) < 4.78 is 37.2. The summed E-state index contributed by atoms with van der Waals surface area (Å²) >= 11 is 0. The molecule has 0 aromatic heterocycles. The average molecular weight is 447 g/mol. The Morgan fingerprint density at radius 2 is 1.87 bits per heavy atom. The van der Waals surface area contributed by atoms with Crippen LogP contribution in [-0.4, -0.2) is 39.3 Å². The number of hydrogen-bond acceptors (Lipinski definition) is 5. The van der Waals surface area contributed by atoms with E-state index in [2.05, 4.69) is 5.32 Å². The van der Waals surface area contributed by atoms with Gasteiger partial charge in [-0.3, -0.25) is 9.10 Å². The van der Waals surface area contributed by atoms with E-state index in [9.17, 15) is 13.2 Å². The number of ether oxygens (including phenoxy) is 2. The fourth-order valence-corrected chi connectivity index (χ4v) is 4.95. The van der Waals surface area contributed by atoms with Crippen LogP contribution in [0.25, 0.3) is 0 Å². The molecule has 3 rings (SSSR count). The van der Waals surface area contributed by atoms with Gasteiger partial charge >= 0.3 is 0 Å². The molecule has 0 bridgehead atoms. The third kappa shape index (κ3) is 4.95. The van der Waals surface area contributed by atoms with Crippen LogP contribution in [-0.2, 0) is 10.0 Å². The fourth-order valence-electron chi connectivity index (χ4n) is 3.80. The highest BCUT2D eigenvalue weighted by Gasteiger charge is 2.35. The topological polar surface area (TPSA) is 84.9 Å². The smallest absolute Gasteiger partial charge is 0.251 e. The SMILES string of the molecule is CCN(c1ccc(C(=O)NC2CC(C)(C)Oc3cc(OC)ccc32)cc1)S(=O)(=O)CC. The minimum atomic E-state index is -3.36. The monoisotopic (exact) mass is 446 g/mol. The number of carbonyl (C=O) groups is 1. The summed E-state index contributed by atoms with van der Waals surface area (Å²) in [7, 11) is -1.76. The van der Waals surface area contributed by atoms with Crippen molar-refractivity contribution in [2.45, 2.75) is 45.8 Å². The van der Waals surface area contributed by atoms with Gasteiger partial charge in [-0.2, -0.15) is 0 Å². The Kier molecular flexibility index (Phi) is 6.50. The number of anilines is 1. The molecule has 2 aromatic carbocycles. The number of hydrogen-bond donors (Lipinski definition) is 1. The highest BCUT2D eigenvalue weighted by Crippen LogP contribution is 2.41. The number of nitrogens with one attached hydrogen (secondary N) is 1. The summed E-state index contributed by atoms with van der Waals surface area (Å²) in [6.07, 6.45) is 0.620. The van der Waals surface area contributed by atoms with Gasteiger partial charge in [0.15, 0.2) is 0 Å². The molecule has 0 fully saturated rings. The second kappa shape index (κ2) is 8.78. The van der Waals surface area contributed by atoms with Crippen LogP contribution in [0.3, 0.4) is 0 Å². The Morgan fingerprint density at radius 1 is 1.19 bits per heavy atom. The van der Waals surface area contributed by atoms with Crippen molar-refractivity contribution in [2.75, 3.05) is 23.7 Å². The number of rotatable bonds is 7. The molecule has 1 heterocycles. The van der Waals surface area contributed by atoms with E-state index in [-0.39, 0.29) is 17.7 Å². The van der Waals surface area contributed by atoms with Crippen LogP contribution in [0.5, 0.6) is 11.5 Å². The van der Waals surface area contributed by atoms with Crippen LogP contribution >= 0.6 is 0 Å². The first-order chi connectivity index (χ1) is 14.6. The molecular formula is C23H30N2O5S. The van der Waals surface area contributed by atoms with E-state index in [1.807, 2.05) is 32.0 Å². The highest BCUT2D eigenvalue weighted by atomic mass is 32.2. The lowest BCUT2D eigenvalue weighted by atomic mass is 9.89. The van der Waals surface area contributed by atoms with Gasteiger partial charge in [0.25, 0.3) is 5.91 Å². The van der Waals surface area contributed by atoms with Gasteiger partial charge in [0.05, 0.1) is 24.6 Å². The zero-order valence-corrected chi connectivity index (χ0v) is 19.5. The van der Waals surface area contributed by atoms with Gasteiger partial charge < -0.3 is 14.8 Å². The van der Waals surface area contributed by atoms with Crippen LogP contribution in [0.15, 0.2) is 42.5 Å². The van der Waals surface area contributed by atoms with Gasteiger partial charge in [-0.25, -0.2) is 8.42 Å². The number of fused-ring (bicyclic) bond motifs is 1. The summed E-state index contributed by atoms with van der Waals surface area (Å²) in [6.45, 7) is 7.70. The van der Waals surface area contributed by atoms with E-state index < -0.39 is 15.6 Å². The molecule has 1 amide bonds. The average Bonchev–Trinajstić information content (AvgIpc) is 2.73. The van der Waals surface area contributed by atoms with E-state index in [4.69, 9.17) is 9.47 Å². The fraction of sp³-hybridized carbons (Fsp3) is 0.435. The maximum Gasteiger partial charge on any atom is 0.251 e. The third-order valence-electron chi connectivity index (χ3n) is 5.39. The van der Waals surface area contributed by atoms with Crippen molar-refractivity contribution in [2.24, 2.45) is 0 Å². The molecule has 31 heavy (non-hydrogen) atoms. The first-order valence-electron chi connectivity index (χ1n) is 10.4. The number of sulfonamides is 1. The van der Waals surface area contributed by atoms with E-state index in [0.717, 1.165) is 5.56 Å². The van der Waals surface area contributed by atoms with Crippen molar-refractivity contribution in [1.82, 2.24) is 5.32 Å². The summed E-state index contributed by atoms with van der Waals surface area (Å²) in [5.41, 5.74) is 1.46. The van der Waals surface area contributed by atoms with Crippen molar-refractivity contribution in [3.8, 4) is 11.5 Å². The molecule has 0 radical (unpaired) electrons. The molecule has 168 valence electrons. The minimum absolute atomic E-state index is 0.0206. The minimum Gasteiger partial charge on any atom is -0.497 e. The predicted octanol–water partition coefficient (Wildman–Crippen LogP) is 3.90. The lowest BCUT2D eigenvalue weighted by molar-refractivity contribution is 0.0617. The number of methoxy groups -OCH3 is 1. The molecule has 1 unspecified atom stereocenters. The van der Waals surface area contributed by atoms with E-state index in [0.29, 0.717) is 35.7 Å². The summed E-state index contributed by atoms with van der Waals surface area (Å²) in [5.74, 6) is 1.18. The Balaban J connectivity index is 1.82. The largest absolute Gasteiger partial charge is 0.497 e. The van der Waals surface area contributed by atoms with E-state index in [1.165, 1.54) is 4.31 Å². The van der Waals surface area contributed by atoms with Crippen molar-refractivity contribution < 1.29 is 22.7 Å².